The van der Waals surface area contributed by atoms with Crippen LogP contribution in [-0.4, -0.2) is 36.2 Å². The summed E-state index contributed by atoms with van der Waals surface area (Å²) in [6.45, 7) is 4.52. The molecule has 0 atom stereocenters. The van der Waals surface area contributed by atoms with Crippen LogP contribution in [0.2, 0.25) is 0 Å². The Bertz CT molecular complexity index is 1060. The predicted octanol–water partition coefficient (Wildman–Crippen LogP) is 3.81. The van der Waals surface area contributed by atoms with Crippen molar-refractivity contribution in [1.82, 2.24) is 0 Å². The molecule has 0 amide bonds. The van der Waals surface area contributed by atoms with E-state index in [0.29, 0.717) is 34.7 Å². The highest BCUT2D eigenvalue weighted by Crippen LogP contribution is 2.41. The van der Waals surface area contributed by atoms with Crippen LogP contribution in [0.5, 0.6) is 0 Å². The van der Waals surface area contributed by atoms with Gasteiger partial charge in [0.05, 0.1) is 11.3 Å². The SMILES string of the molecule is CC1(C)CCC2=C(O1)c1ccccc1C(=Nc1ccc(C(=O)OCCN)cc1)C2=O. The lowest BCUT2D eigenvalue weighted by molar-refractivity contribution is -0.110. The molecule has 2 aliphatic rings. The number of carbonyl (C=O) groups excluding carboxylic acids is 2. The summed E-state index contributed by atoms with van der Waals surface area (Å²) in [7, 11) is 0. The third-order valence-corrected chi connectivity index (χ3v) is 5.24. The number of aliphatic imine (C=N–C) groups is 1. The zero-order valence-electron chi connectivity index (χ0n) is 17.1. The highest BCUT2D eigenvalue weighted by molar-refractivity contribution is 6.54. The highest BCUT2D eigenvalue weighted by Gasteiger charge is 2.38. The van der Waals surface area contributed by atoms with E-state index >= 15 is 0 Å². The van der Waals surface area contributed by atoms with Gasteiger partial charge in [0.1, 0.15) is 23.7 Å². The van der Waals surface area contributed by atoms with Crippen LogP contribution < -0.4 is 5.73 Å². The zero-order valence-corrected chi connectivity index (χ0v) is 17.1. The smallest absolute Gasteiger partial charge is 0.338 e. The van der Waals surface area contributed by atoms with Crippen LogP contribution in [-0.2, 0) is 14.3 Å². The number of rotatable bonds is 4. The Kier molecular flexibility index (Phi) is 5.26. The summed E-state index contributed by atoms with van der Waals surface area (Å²) in [6, 6.07) is 14.3. The third-order valence-electron chi connectivity index (χ3n) is 5.24. The first-order valence-corrected chi connectivity index (χ1v) is 10.0. The summed E-state index contributed by atoms with van der Waals surface area (Å²) in [4.78, 5) is 29.9. The van der Waals surface area contributed by atoms with Crippen LogP contribution in [0.25, 0.3) is 5.76 Å². The van der Waals surface area contributed by atoms with E-state index in [2.05, 4.69) is 4.99 Å². The van der Waals surface area contributed by atoms with Gasteiger partial charge in [0.15, 0.2) is 0 Å². The van der Waals surface area contributed by atoms with Crippen LogP contribution in [0.15, 0.2) is 59.1 Å². The minimum atomic E-state index is -0.435. The Morgan fingerprint density at radius 2 is 1.83 bits per heavy atom. The fourth-order valence-electron chi connectivity index (χ4n) is 3.66. The maximum absolute atomic E-state index is 13.3. The molecular formula is C24H24N2O4. The maximum Gasteiger partial charge on any atom is 0.338 e. The van der Waals surface area contributed by atoms with E-state index in [1.54, 1.807) is 24.3 Å². The number of nitrogens with zero attached hydrogens (tertiary/aromatic N) is 1. The van der Waals surface area contributed by atoms with Crippen molar-refractivity contribution in [1.29, 1.82) is 0 Å². The molecule has 1 aliphatic carbocycles. The average Bonchev–Trinajstić information content (AvgIpc) is 2.74. The van der Waals surface area contributed by atoms with E-state index in [1.165, 1.54) is 0 Å². The number of hydrogen-bond donors (Lipinski definition) is 1. The van der Waals surface area contributed by atoms with Gasteiger partial charge < -0.3 is 15.2 Å². The lowest BCUT2D eigenvalue weighted by Crippen LogP contribution is -2.34. The monoisotopic (exact) mass is 404 g/mol. The Hall–Kier alpha value is -3.25. The first kappa shape index (κ1) is 20.0. The van der Waals surface area contributed by atoms with Gasteiger partial charge in [-0.2, -0.15) is 0 Å². The molecule has 0 unspecified atom stereocenters. The van der Waals surface area contributed by atoms with Crippen molar-refractivity contribution in [2.45, 2.75) is 32.3 Å². The number of esters is 1. The number of hydrogen-bond acceptors (Lipinski definition) is 6. The van der Waals surface area contributed by atoms with E-state index in [4.69, 9.17) is 15.2 Å². The number of fused-ring (bicyclic) bond motifs is 2. The van der Waals surface area contributed by atoms with Crippen molar-refractivity contribution in [2.75, 3.05) is 13.2 Å². The zero-order chi connectivity index (χ0) is 21.3. The van der Waals surface area contributed by atoms with Crippen LogP contribution in [0.3, 0.4) is 0 Å². The van der Waals surface area contributed by atoms with Crippen molar-refractivity contribution in [3.05, 3.63) is 70.8 Å². The van der Waals surface area contributed by atoms with Crippen molar-refractivity contribution in [3.63, 3.8) is 0 Å². The minimum Gasteiger partial charge on any atom is -0.487 e. The summed E-state index contributed by atoms with van der Waals surface area (Å²) < 4.78 is 11.2. The largest absolute Gasteiger partial charge is 0.487 e. The molecule has 0 fully saturated rings. The van der Waals surface area contributed by atoms with E-state index in [-0.39, 0.29) is 24.5 Å². The van der Waals surface area contributed by atoms with Crippen molar-refractivity contribution in [2.24, 2.45) is 10.7 Å². The van der Waals surface area contributed by atoms with Crippen molar-refractivity contribution < 1.29 is 19.1 Å². The molecule has 1 aliphatic heterocycles. The van der Waals surface area contributed by atoms with Crippen LogP contribution in [0, 0.1) is 0 Å². The van der Waals surface area contributed by atoms with Crippen LogP contribution >= 0.6 is 0 Å². The Morgan fingerprint density at radius 1 is 1.13 bits per heavy atom. The molecule has 6 nitrogen and oxygen atoms in total. The van der Waals surface area contributed by atoms with Gasteiger partial charge in [0, 0.05) is 23.2 Å². The summed E-state index contributed by atoms with van der Waals surface area (Å²) in [6.07, 6.45) is 1.42. The van der Waals surface area contributed by atoms with E-state index in [1.807, 2.05) is 38.1 Å². The van der Waals surface area contributed by atoms with Gasteiger partial charge in [-0.1, -0.05) is 24.3 Å². The second-order valence-corrected chi connectivity index (χ2v) is 7.98. The van der Waals surface area contributed by atoms with Gasteiger partial charge >= 0.3 is 5.97 Å². The molecule has 154 valence electrons. The lowest BCUT2D eigenvalue weighted by Gasteiger charge is -2.36. The van der Waals surface area contributed by atoms with Crippen LogP contribution in [0.4, 0.5) is 5.69 Å². The van der Waals surface area contributed by atoms with Gasteiger partial charge in [-0.3, -0.25) is 4.79 Å². The predicted molar refractivity (Wildman–Crippen MR) is 115 cm³/mol. The lowest BCUT2D eigenvalue weighted by atomic mass is 9.82. The topological polar surface area (TPSA) is 91.0 Å². The Morgan fingerprint density at radius 3 is 2.53 bits per heavy atom. The number of carbonyl (C=O) groups is 2. The molecule has 6 heteroatoms. The number of ketones is 1. The number of nitrogens with two attached hydrogens (primary N) is 1. The quantitative estimate of drug-likeness (QED) is 0.783. The average molecular weight is 404 g/mol. The molecule has 2 N–H and O–H groups in total. The molecule has 2 aromatic carbocycles. The molecule has 4 rings (SSSR count). The molecule has 30 heavy (non-hydrogen) atoms. The number of allylic oxidation sites excluding steroid dienone is 1. The van der Waals surface area contributed by atoms with E-state index in [9.17, 15) is 9.59 Å². The van der Waals surface area contributed by atoms with E-state index < -0.39 is 5.97 Å². The van der Waals surface area contributed by atoms with Crippen molar-refractivity contribution >= 4 is 28.9 Å². The molecule has 0 spiro atoms. The Labute approximate surface area is 175 Å². The molecule has 0 aromatic heterocycles. The standard InChI is InChI=1S/C24H24N2O4/c1-24(2)12-11-19-21(27)20(17-5-3-4-6-18(17)22(19)30-24)26-16-9-7-15(8-10-16)23(28)29-14-13-25/h3-10H,11-14,25H2,1-2H3. The van der Waals surface area contributed by atoms with E-state index in [0.717, 1.165) is 17.5 Å². The molecule has 0 saturated heterocycles. The fourth-order valence-corrected chi connectivity index (χ4v) is 3.66. The second-order valence-electron chi connectivity index (χ2n) is 7.98. The van der Waals surface area contributed by atoms with Gasteiger partial charge in [-0.25, -0.2) is 9.79 Å². The fraction of sp³-hybridized carbons (Fsp3) is 0.292. The molecule has 2 aromatic rings. The first-order valence-electron chi connectivity index (χ1n) is 10.0. The van der Waals surface area contributed by atoms with Crippen molar-refractivity contribution in [3.8, 4) is 0 Å². The second kappa shape index (κ2) is 7.88. The summed E-state index contributed by atoms with van der Waals surface area (Å²) >= 11 is 0. The van der Waals surface area contributed by atoms with Gasteiger partial charge in [0.2, 0.25) is 5.78 Å². The maximum atomic E-state index is 13.3. The molecule has 1 heterocycles. The Balaban J connectivity index is 1.70. The van der Waals surface area contributed by atoms with Gasteiger partial charge in [0.25, 0.3) is 0 Å². The summed E-state index contributed by atoms with van der Waals surface area (Å²) in [5.41, 5.74) is 8.76. The number of benzene rings is 2. The van der Waals surface area contributed by atoms with Gasteiger partial charge in [-0.15, -0.1) is 0 Å². The third kappa shape index (κ3) is 3.78. The first-order chi connectivity index (χ1) is 14.4. The number of ether oxygens (including phenoxy) is 2. The van der Waals surface area contributed by atoms with Gasteiger partial charge in [-0.05, 0) is 51.0 Å². The minimum absolute atomic E-state index is 0.106. The highest BCUT2D eigenvalue weighted by atomic mass is 16.5. The summed E-state index contributed by atoms with van der Waals surface area (Å²) in [5, 5.41) is 0. The summed E-state index contributed by atoms with van der Waals surface area (Å²) in [5.74, 6) is 0.130. The molecular weight excluding hydrogens is 380 g/mol. The van der Waals surface area contributed by atoms with Crippen LogP contribution in [0.1, 0.15) is 48.2 Å². The number of Topliss-reactive ketones (excluding diaryl/α,β-unsaturated/α-hetero) is 1. The normalized spacial score (nSPS) is 18.5. The molecule has 0 radical (unpaired) electrons. The molecule has 0 bridgehead atoms. The molecule has 0 saturated carbocycles.